The zero-order valence-corrected chi connectivity index (χ0v) is 9.14. The average molecular weight is 238 g/mol. The summed E-state index contributed by atoms with van der Waals surface area (Å²) in [6, 6.07) is 1.72. The van der Waals surface area contributed by atoms with E-state index in [2.05, 4.69) is 15.1 Å². The Bertz CT molecular complexity index is 537. The van der Waals surface area contributed by atoms with Crippen molar-refractivity contribution >= 4 is 23.2 Å². The summed E-state index contributed by atoms with van der Waals surface area (Å²) < 4.78 is 1.43. The minimum atomic E-state index is -0.279. The highest BCUT2D eigenvalue weighted by atomic mass is 35.5. The molecular formula is C9H8ClN5O. The van der Waals surface area contributed by atoms with Crippen LogP contribution in [0.2, 0.25) is 5.15 Å². The molecule has 2 aromatic heterocycles. The van der Waals surface area contributed by atoms with Gasteiger partial charge in [-0.1, -0.05) is 11.6 Å². The summed E-state index contributed by atoms with van der Waals surface area (Å²) in [6.07, 6.45) is 3.23. The Kier molecular flexibility index (Phi) is 2.57. The van der Waals surface area contributed by atoms with Crippen LogP contribution in [0.4, 0.5) is 5.82 Å². The second-order valence-electron chi connectivity index (χ2n) is 3.08. The van der Waals surface area contributed by atoms with Crippen LogP contribution in [0.1, 0.15) is 17.4 Å². The van der Waals surface area contributed by atoms with Crippen LogP contribution in [0.5, 0.6) is 0 Å². The molecule has 2 rings (SSSR count). The lowest BCUT2D eigenvalue weighted by molar-refractivity contribution is 0.101. The van der Waals surface area contributed by atoms with Crippen LogP contribution in [0.25, 0.3) is 5.82 Å². The van der Waals surface area contributed by atoms with Crippen molar-refractivity contribution < 1.29 is 4.79 Å². The number of nitrogens with two attached hydrogens (primary N) is 1. The van der Waals surface area contributed by atoms with Gasteiger partial charge in [-0.3, -0.25) is 4.79 Å². The largest absolute Gasteiger partial charge is 0.382 e. The molecule has 16 heavy (non-hydrogen) atoms. The van der Waals surface area contributed by atoms with E-state index in [-0.39, 0.29) is 22.4 Å². The fraction of sp³-hybridized carbons (Fsp3) is 0.111. The average Bonchev–Trinajstić information content (AvgIpc) is 2.73. The lowest BCUT2D eigenvalue weighted by Gasteiger charge is -2.06. The predicted octanol–water partition coefficient (Wildman–Crippen LogP) is 1.10. The first-order valence-electron chi connectivity index (χ1n) is 4.43. The molecule has 0 aliphatic heterocycles. The molecule has 2 heterocycles. The highest BCUT2D eigenvalue weighted by molar-refractivity contribution is 6.31. The van der Waals surface area contributed by atoms with Gasteiger partial charge in [0.2, 0.25) is 0 Å². The van der Waals surface area contributed by atoms with Crippen molar-refractivity contribution in [3.63, 3.8) is 0 Å². The zero-order valence-electron chi connectivity index (χ0n) is 8.38. The summed E-state index contributed by atoms with van der Waals surface area (Å²) >= 11 is 5.89. The first-order chi connectivity index (χ1) is 7.59. The highest BCUT2D eigenvalue weighted by Crippen LogP contribution is 2.19. The van der Waals surface area contributed by atoms with Gasteiger partial charge in [0, 0.05) is 19.3 Å². The molecule has 0 saturated heterocycles. The van der Waals surface area contributed by atoms with Crippen molar-refractivity contribution in [1.29, 1.82) is 0 Å². The van der Waals surface area contributed by atoms with Crippen LogP contribution in [0, 0.1) is 0 Å². The fourth-order valence-electron chi connectivity index (χ4n) is 1.22. The van der Waals surface area contributed by atoms with Gasteiger partial charge in [-0.2, -0.15) is 5.10 Å². The molecule has 2 N–H and O–H groups in total. The maximum absolute atomic E-state index is 11.2. The van der Waals surface area contributed by atoms with Crippen molar-refractivity contribution in [3.8, 4) is 5.82 Å². The monoisotopic (exact) mass is 237 g/mol. The minimum Gasteiger partial charge on any atom is -0.382 e. The molecular weight excluding hydrogens is 230 g/mol. The van der Waals surface area contributed by atoms with E-state index in [1.165, 1.54) is 11.6 Å². The number of ketones is 1. The number of rotatable bonds is 2. The molecule has 0 atom stereocenters. The zero-order chi connectivity index (χ0) is 11.7. The second kappa shape index (κ2) is 3.90. The van der Waals surface area contributed by atoms with E-state index >= 15 is 0 Å². The highest BCUT2D eigenvalue weighted by Gasteiger charge is 2.14. The van der Waals surface area contributed by atoms with Crippen LogP contribution < -0.4 is 5.73 Å². The third-order valence-corrected chi connectivity index (χ3v) is 2.17. The molecule has 6 nitrogen and oxygen atoms in total. The lowest BCUT2D eigenvalue weighted by Crippen LogP contribution is -2.10. The molecule has 0 amide bonds. The number of hydrogen-bond acceptors (Lipinski definition) is 5. The molecule has 7 heteroatoms. The Labute approximate surface area is 96.1 Å². The van der Waals surface area contributed by atoms with Gasteiger partial charge in [-0.05, 0) is 6.07 Å². The van der Waals surface area contributed by atoms with E-state index in [0.29, 0.717) is 5.82 Å². The summed E-state index contributed by atoms with van der Waals surface area (Å²) in [4.78, 5) is 19.0. The first-order valence-corrected chi connectivity index (χ1v) is 4.81. The number of nitrogen functional groups attached to an aromatic ring is 1. The van der Waals surface area contributed by atoms with Gasteiger partial charge in [0.25, 0.3) is 0 Å². The first kappa shape index (κ1) is 10.6. The van der Waals surface area contributed by atoms with Gasteiger partial charge in [-0.25, -0.2) is 14.6 Å². The number of aromatic nitrogens is 4. The number of anilines is 1. The van der Waals surface area contributed by atoms with Gasteiger partial charge >= 0.3 is 0 Å². The van der Waals surface area contributed by atoms with Crippen LogP contribution >= 0.6 is 11.6 Å². The summed E-state index contributed by atoms with van der Waals surface area (Å²) in [6.45, 7) is 1.35. The Morgan fingerprint density at radius 2 is 2.25 bits per heavy atom. The van der Waals surface area contributed by atoms with E-state index in [9.17, 15) is 4.79 Å². The van der Waals surface area contributed by atoms with Gasteiger partial charge in [0.1, 0.15) is 5.69 Å². The van der Waals surface area contributed by atoms with Crippen molar-refractivity contribution in [2.75, 3.05) is 5.73 Å². The Balaban J connectivity index is 2.59. The Hall–Kier alpha value is -1.95. The number of nitrogens with zero attached hydrogens (tertiary/aromatic N) is 4. The summed E-state index contributed by atoms with van der Waals surface area (Å²) in [5, 5.41) is 4.04. The number of halogens is 1. The van der Waals surface area contributed by atoms with Gasteiger partial charge < -0.3 is 5.73 Å². The Morgan fingerprint density at radius 3 is 2.81 bits per heavy atom. The molecule has 0 spiro atoms. The quantitative estimate of drug-likeness (QED) is 0.791. The van der Waals surface area contributed by atoms with Gasteiger partial charge in [-0.15, -0.1) is 0 Å². The standard InChI is InChI=1S/C9H8ClN5O/c1-5(16)6-8(11)14-9(7(10)13-6)15-4-2-3-12-15/h2-4H,1H3,(H2,11,14). The molecule has 0 bridgehead atoms. The molecule has 0 fully saturated rings. The normalized spacial score (nSPS) is 10.4. The van der Waals surface area contributed by atoms with E-state index in [1.54, 1.807) is 18.5 Å². The Morgan fingerprint density at radius 1 is 1.50 bits per heavy atom. The smallest absolute Gasteiger partial charge is 0.193 e. The molecule has 2 aromatic rings. The third kappa shape index (κ3) is 1.74. The van der Waals surface area contributed by atoms with Crippen LogP contribution in [-0.4, -0.2) is 25.5 Å². The van der Waals surface area contributed by atoms with E-state index in [4.69, 9.17) is 17.3 Å². The maximum Gasteiger partial charge on any atom is 0.193 e. The minimum absolute atomic E-state index is 0.0439. The number of carbonyl (C=O) groups excluding carboxylic acids is 1. The van der Waals surface area contributed by atoms with Gasteiger partial charge in [0.15, 0.2) is 22.6 Å². The third-order valence-electron chi connectivity index (χ3n) is 1.92. The summed E-state index contributed by atoms with van der Waals surface area (Å²) in [5.41, 5.74) is 5.67. The molecule has 0 aromatic carbocycles. The topological polar surface area (TPSA) is 86.7 Å². The molecule has 82 valence electrons. The van der Waals surface area contributed by atoms with Crippen molar-refractivity contribution in [2.24, 2.45) is 0 Å². The molecule has 0 aliphatic carbocycles. The van der Waals surface area contributed by atoms with Crippen molar-refractivity contribution in [2.45, 2.75) is 6.92 Å². The molecule has 0 aliphatic rings. The van der Waals surface area contributed by atoms with E-state index in [1.807, 2.05) is 0 Å². The number of carbonyl (C=O) groups is 1. The number of Topliss-reactive ketones (excluding diaryl/α,β-unsaturated/α-hetero) is 1. The van der Waals surface area contributed by atoms with E-state index < -0.39 is 0 Å². The second-order valence-corrected chi connectivity index (χ2v) is 3.44. The summed E-state index contributed by atoms with van der Waals surface area (Å²) in [7, 11) is 0. The van der Waals surface area contributed by atoms with Crippen LogP contribution in [-0.2, 0) is 0 Å². The predicted molar refractivity (Wildman–Crippen MR) is 58.6 cm³/mol. The summed E-state index contributed by atoms with van der Waals surface area (Å²) in [5.74, 6) is 0.0653. The molecule has 0 unspecified atom stereocenters. The van der Waals surface area contributed by atoms with Crippen LogP contribution in [0.3, 0.4) is 0 Å². The number of hydrogen-bond donors (Lipinski definition) is 1. The SMILES string of the molecule is CC(=O)c1nc(Cl)c(-n2cccn2)nc1N. The molecule has 0 saturated carbocycles. The van der Waals surface area contributed by atoms with E-state index in [0.717, 1.165) is 0 Å². The fourth-order valence-corrected chi connectivity index (χ4v) is 1.43. The van der Waals surface area contributed by atoms with Gasteiger partial charge in [0.05, 0.1) is 0 Å². The van der Waals surface area contributed by atoms with Crippen LogP contribution in [0.15, 0.2) is 18.5 Å². The van der Waals surface area contributed by atoms with Crippen molar-refractivity contribution in [3.05, 3.63) is 29.3 Å². The maximum atomic E-state index is 11.2. The molecule has 0 radical (unpaired) electrons. The van der Waals surface area contributed by atoms with Crippen molar-refractivity contribution in [1.82, 2.24) is 19.7 Å². The lowest BCUT2D eigenvalue weighted by atomic mass is 10.3.